The summed E-state index contributed by atoms with van der Waals surface area (Å²) in [6.45, 7) is 8.58. The molecule has 2 saturated heterocycles. The number of thiophene rings is 1. The van der Waals surface area contributed by atoms with Crippen molar-refractivity contribution >= 4 is 48.6 Å². The SMILES string of the molecule is Cc1cccc(-c2nc(-c3cc(N4CCOCC4)c4sc(CN5CCN(S(C)(=O)=O)CC5)cc4n3)cs2)c1. The molecule has 3 aromatic heterocycles. The van der Waals surface area contributed by atoms with Crippen LogP contribution in [-0.2, 0) is 21.3 Å². The highest BCUT2D eigenvalue weighted by atomic mass is 32.2. The number of fused-ring (bicyclic) bond motifs is 1. The first-order valence-corrected chi connectivity index (χ1v) is 16.3. The van der Waals surface area contributed by atoms with Crippen LogP contribution >= 0.6 is 22.7 Å². The van der Waals surface area contributed by atoms with Crippen molar-refractivity contribution in [2.45, 2.75) is 13.5 Å². The monoisotopic (exact) mass is 569 g/mol. The summed E-state index contributed by atoms with van der Waals surface area (Å²) < 4.78 is 32.2. The highest BCUT2D eigenvalue weighted by Crippen LogP contribution is 2.38. The summed E-state index contributed by atoms with van der Waals surface area (Å²) in [5.41, 5.74) is 6.31. The molecule has 11 heteroatoms. The van der Waals surface area contributed by atoms with Gasteiger partial charge < -0.3 is 9.64 Å². The lowest BCUT2D eigenvalue weighted by atomic mass is 10.1. The number of benzene rings is 1. The smallest absolute Gasteiger partial charge is 0.211 e. The molecule has 0 amide bonds. The van der Waals surface area contributed by atoms with Crippen LogP contribution in [0.4, 0.5) is 5.69 Å². The molecule has 0 unspecified atom stereocenters. The Morgan fingerprint density at radius 3 is 2.50 bits per heavy atom. The molecule has 2 aliphatic rings. The number of aryl methyl sites for hydroxylation is 1. The van der Waals surface area contributed by atoms with E-state index in [4.69, 9.17) is 14.7 Å². The third-order valence-corrected chi connectivity index (χ3v) is 10.4. The summed E-state index contributed by atoms with van der Waals surface area (Å²) in [5.74, 6) is 0. The van der Waals surface area contributed by atoms with Gasteiger partial charge in [0.2, 0.25) is 10.0 Å². The second kappa shape index (κ2) is 10.6. The zero-order valence-corrected chi connectivity index (χ0v) is 24.0. The van der Waals surface area contributed by atoms with Gasteiger partial charge in [0.15, 0.2) is 0 Å². The van der Waals surface area contributed by atoms with E-state index in [1.165, 1.54) is 27.1 Å². The van der Waals surface area contributed by atoms with Crippen molar-refractivity contribution in [1.82, 2.24) is 19.2 Å². The van der Waals surface area contributed by atoms with Crippen molar-refractivity contribution in [3.63, 3.8) is 0 Å². The molecular weight excluding hydrogens is 539 g/mol. The molecule has 200 valence electrons. The molecule has 0 bridgehead atoms. The number of sulfonamides is 1. The second-order valence-corrected chi connectivity index (χ2v) is 13.9. The fourth-order valence-electron chi connectivity index (χ4n) is 5.04. The van der Waals surface area contributed by atoms with Gasteiger partial charge in [-0.3, -0.25) is 4.90 Å². The molecule has 0 saturated carbocycles. The van der Waals surface area contributed by atoms with E-state index in [2.05, 4.69) is 58.5 Å². The minimum atomic E-state index is -3.13. The molecule has 8 nitrogen and oxygen atoms in total. The second-order valence-electron chi connectivity index (χ2n) is 9.90. The average molecular weight is 570 g/mol. The number of aromatic nitrogens is 2. The lowest BCUT2D eigenvalue weighted by Gasteiger charge is -2.32. The predicted molar refractivity (Wildman–Crippen MR) is 156 cm³/mol. The van der Waals surface area contributed by atoms with Crippen LogP contribution in [0.3, 0.4) is 0 Å². The minimum Gasteiger partial charge on any atom is -0.378 e. The summed E-state index contributed by atoms with van der Waals surface area (Å²) in [7, 11) is -3.13. The summed E-state index contributed by atoms with van der Waals surface area (Å²) in [6, 6.07) is 12.8. The molecule has 38 heavy (non-hydrogen) atoms. The van der Waals surface area contributed by atoms with Crippen molar-refractivity contribution in [3.8, 4) is 22.0 Å². The molecule has 0 atom stereocenters. The lowest BCUT2D eigenvalue weighted by Crippen LogP contribution is -2.47. The Bertz CT molecular complexity index is 1550. The van der Waals surface area contributed by atoms with Crippen molar-refractivity contribution in [2.75, 3.05) is 63.6 Å². The Morgan fingerprint density at radius 2 is 1.76 bits per heavy atom. The van der Waals surface area contributed by atoms with Crippen LogP contribution in [0.25, 0.3) is 32.2 Å². The molecule has 0 spiro atoms. The fraction of sp³-hybridized carbons (Fsp3) is 0.407. The third kappa shape index (κ3) is 5.49. The number of anilines is 1. The average Bonchev–Trinajstić information content (AvgIpc) is 3.56. The van der Waals surface area contributed by atoms with Gasteiger partial charge >= 0.3 is 0 Å². The van der Waals surface area contributed by atoms with Gasteiger partial charge in [-0.15, -0.1) is 22.7 Å². The van der Waals surface area contributed by atoms with Crippen molar-refractivity contribution in [3.05, 3.63) is 52.2 Å². The van der Waals surface area contributed by atoms with E-state index in [9.17, 15) is 8.42 Å². The lowest BCUT2D eigenvalue weighted by molar-refractivity contribution is 0.123. The van der Waals surface area contributed by atoms with Gasteiger partial charge in [-0.2, -0.15) is 4.31 Å². The number of hydrogen-bond donors (Lipinski definition) is 0. The van der Waals surface area contributed by atoms with Gasteiger partial charge in [0.25, 0.3) is 0 Å². The minimum absolute atomic E-state index is 0.540. The maximum absolute atomic E-state index is 11.9. The number of rotatable bonds is 6. The largest absolute Gasteiger partial charge is 0.378 e. The zero-order valence-electron chi connectivity index (χ0n) is 21.6. The molecule has 0 radical (unpaired) electrons. The van der Waals surface area contributed by atoms with Crippen LogP contribution in [0, 0.1) is 6.92 Å². The highest BCUT2D eigenvalue weighted by molar-refractivity contribution is 7.88. The van der Waals surface area contributed by atoms with E-state index in [0.717, 1.165) is 73.4 Å². The summed E-state index contributed by atoms with van der Waals surface area (Å²) in [6.07, 6.45) is 1.29. The van der Waals surface area contributed by atoms with Crippen LogP contribution in [0.5, 0.6) is 0 Å². The fourth-order valence-corrected chi connectivity index (χ4v) is 7.86. The predicted octanol–water partition coefficient (Wildman–Crippen LogP) is 4.31. The van der Waals surface area contributed by atoms with E-state index in [-0.39, 0.29) is 0 Å². The van der Waals surface area contributed by atoms with E-state index < -0.39 is 10.0 Å². The molecule has 1 aromatic carbocycles. The van der Waals surface area contributed by atoms with Gasteiger partial charge in [0.1, 0.15) is 10.7 Å². The van der Waals surface area contributed by atoms with Gasteiger partial charge in [0, 0.05) is 61.6 Å². The molecule has 4 aromatic rings. The first-order valence-electron chi connectivity index (χ1n) is 12.8. The van der Waals surface area contributed by atoms with Crippen LogP contribution < -0.4 is 4.90 Å². The van der Waals surface area contributed by atoms with E-state index in [0.29, 0.717) is 13.1 Å². The normalized spacial score (nSPS) is 17.9. The zero-order chi connectivity index (χ0) is 26.3. The highest BCUT2D eigenvalue weighted by Gasteiger charge is 2.25. The van der Waals surface area contributed by atoms with E-state index in [1.54, 1.807) is 27.0 Å². The molecule has 2 fully saturated rings. The topological polar surface area (TPSA) is 78.9 Å². The summed E-state index contributed by atoms with van der Waals surface area (Å²) in [5, 5.41) is 3.10. The molecule has 5 heterocycles. The van der Waals surface area contributed by atoms with Crippen LogP contribution in [0.15, 0.2) is 41.8 Å². The number of pyridine rings is 1. The van der Waals surface area contributed by atoms with Crippen LogP contribution in [-0.4, -0.2) is 86.3 Å². The van der Waals surface area contributed by atoms with Gasteiger partial charge in [-0.25, -0.2) is 18.4 Å². The maximum Gasteiger partial charge on any atom is 0.211 e. The van der Waals surface area contributed by atoms with E-state index >= 15 is 0 Å². The Labute approximate surface area is 231 Å². The summed E-state index contributed by atoms with van der Waals surface area (Å²) >= 11 is 3.44. The Morgan fingerprint density at radius 1 is 0.974 bits per heavy atom. The van der Waals surface area contributed by atoms with E-state index in [1.807, 2.05) is 0 Å². The molecule has 2 aliphatic heterocycles. The van der Waals surface area contributed by atoms with Crippen molar-refractivity contribution in [1.29, 1.82) is 0 Å². The number of piperazine rings is 1. The number of morpholine rings is 1. The standard InChI is InChI=1S/C27H31N5O3S3/c1-19-4-3-5-20(14-19)27-29-24(18-36-27)22-16-25(31-10-12-35-13-11-31)26-23(28-22)15-21(37-26)17-30-6-8-32(9-7-30)38(2,33)34/h3-5,14-16,18H,6-13,17H2,1-2H3. The Balaban J connectivity index is 1.31. The molecule has 6 rings (SSSR count). The van der Waals surface area contributed by atoms with Crippen molar-refractivity contribution in [2.24, 2.45) is 0 Å². The first kappa shape index (κ1) is 25.8. The quantitative estimate of drug-likeness (QED) is 0.342. The number of hydrogen-bond acceptors (Lipinski definition) is 9. The number of nitrogens with zero attached hydrogens (tertiary/aromatic N) is 5. The van der Waals surface area contributed by atoms with Crippen LogP contribution in [0.1, 0.15) is 10.4 Å². The summed E-state index contributed by atoms with van der Waals surface area (Å²) in [4.78, 5) is 16.0. The Hall–Kier alpha value is -2.41. The molecular formula is C27H31N5O3S3. The van der Waals surface area contributed by atoms with Crippen LogP contribution in [0.2, 0.25) is 0 Å². The van der Waals surface area contributed by atoms with Gasteiger partial charge in [-0.05, 0) is 25.1 Å². The van der Waals surface area contributed by atoms with Gasteiger partial charge in [0.05, 0.1) is 41.1 Å². The molecule has 0 aliphatic carbocycles. The molecule has 0 N–H and O–H groups in total. The first-order chi connectivity index (χ1) is 18.3. The number of thiazole rings is 1. The number of ether oxygens (including phenoxy) is 1. The van der Waals surface area contributed by atoms with Crippen molar-refractivity contribution < 1.29 is 13.2 Å². The third-order valence-electron chi connectivity index (χ3n) is 7.07. The maximum atomic E-state index is 11.9. The van der Waals surface area contributed by atoms with Gasteiger partial charge in [-0.1, -0.05) is 23.8 Å². The Kier molecular flexibility index (Phi) is 7.23.